The Morgan fingerprint density at radius 1 is 1.17 bits per heavy atom. The van der Waals surface area contributed by atoms with Gasteiger partial charge in [0.05, 0.1) is 5.52 Å². The van der Waals surface area contributed by atoms with Crippen molar-refractivity contribution in [3.8, 4) is 0 Å². The van der Waals surface area contributed by atoms with Gasteiger partial charge in [0, 0.05) is 29.1 Å². The second kappa shape index (κ2) is 6.36. The summed E-state index contributed by atoms with van der Waals surface area (Å²) in [5.41, 5.74) is 4.41. The van der Waals surface area contributed by atoms with Crippen LogP contribution in [0.5, 0.6) is 0 Å². The summed E-state index contributed by atoms with van der Waals surface area (Å²) in [6.45, 7) is 3.59. The van der Waals surface area contributed by atoms with Crippen LogP contribution in [-0.2, 0) is 19.5 Å². The summed E-state index contributed by atoms with van der Waals surface area (Å²) in [7, 11) is 0. The highest BCUT2D eigenvalue weighted by Crippen LogP contribution is 2.34. The van der Waals surface area contributed by atoms with Gasteiger partial charge in [-0.15, -0.1) is 11.8 Å². The molecule has 24 heavy (non-hydrogen) atoms. The largest absolute Gasteiger partial charge is 0.347 e. The molecule has 1 N–H and O–H groups in total. The molecule has 3 aromatic rings. The number of para-hydroxylation sites is 1. The van der Waals surface area contributed by atoms with Gasteiger partial charge in [0.15, 0.2) is 0 Å². The molecule has 0 bridgehead atoms. The molecule has 2 heterocycles. The van der Waals surface area contributed by atoms with Gasteiger partial charge in [-0.05, 0) is 29.7 Å². The molecule has 0 atom stereocenters. The van der Waals surface area contributed by atoms with Gasteiger partial charge in [0.25, 0.3) is 5.91 Å². The fraction of sp³-hybridized carbons (Fsp3) is 0.250. The van der Waals surface area contributed by atoms with E-state index in [4.69, 9.17) is 0 Å². The summed E-state index contributed by atoms with van der Waals surface area (Å²) in [6.07, 6.45) is 1.03. The molecular formula is C20H20N2OS. The number of rotatable bonds is 4. The van der Waals surface area contributed by atoms with Crippen molar-refractivity contribution in [3.05, 3.63) is 65.4 Å². The molecule has 4 rings (SSSR count). The number of amides is 1. The molecule has 1 aliphatic heterocycles. The molecule has 2 aromatic carbocycles. The van der Waals surface area contributed by atoms with E-state index in [1.807, 2.05) is 17.8 Å². The molecule has 0 aliphatic carbocycles. The molecular weight excluding hydrogens is 316 g/mol. The topological polar surface area (TPSA) is 34.0 Å². The fourth-order valence-electron chi connectivity index (χ4n) is 3.24. The normalized spacial score (nSPS) is 13.2. The van der Waals surface area contributed by atoms with Gasteiger partial charge in [-0.1, -0.05) is 43.3 Å². The maximum absolute atomic E-state index is 12.7. The van der Waals surface area contributed by atoms with Crippen molar-refractivity contribution >= 4 is 28.6 Å². The summed E-state index contributed by atoms with van der Waals surface area (Å²) in [5, 5.41) is 4.22. The number of aromatic nitrogens is 1. The lowest BCUT2D eigenvalue weighted by molar-refractivity contribution is 0.0942. The smallest absolute Gasteiger partial charge is 0.268 e. The fourth-order valence-corrected chi connectivity index (χ4v) is 4.27. The minimum atomic E-state index is 0.00335. The monoisotopic (exact) mass is 336 g/mol. The molecule has 0 fully saturated rings. The van der Waals surface area contributed by atoms with Gasteiger partial charge in [0.2, 0.25) is 0 Å². The van der Waals surface area contributed by atoms with Crippen LogP contribution in [0.1, 0.15) is 28.5 Å². The first-order chi connectivity index (χ1) is 11.8. The van der Waals surface area contributed by atoms with Crippen LogP contribution in [0, 0.1) is 0 Å². The van der Waals surface area contributed by atoms with E-state index in [1.165, 1.54) is 16.0 Å². The molecule has 1 amide bonds. The van der Waals surface area contributed by atoms with Crippen molar-refractivity contribution in [1.29, 1.82) is 0 Å². The van der Waals surface area contributed by atoms with Crippen LogP contribution in [0.25, 0.3) is 10.9 Å². The van der Waals surface area contributed by atoms with Gasteiger partial charge in [-0.2, -0.15) is 0 Å². The van der Waals surface area contributed by atoms with Crippen molar-refractivity contribution in [1.82, 2.24) is 9.88 Å². The number of nitrogens with zero attached hydrogens (tertiary/aromatic N) is 1. The molecule has 1 aromatic heterocycles. The number of thioether (sulfide) groups is 1. The third-order valence-electron chi connectivity index (χ3n) is 4.57. The summed E-state index contributed by atoms with van der Waals surface area (Å²) in [6, 6.07) is 16.7. The summed E-state index contributed by atoms with van der Waals surface area (Å²) >= 11 is 1.87. The van der Waals surface area contributed by atoms with E-state index in [-0.39, 0.29) is 5.91 Å². The Bertz CT molecular complexity index is 896. The van der Waals surface area contributed by atoms with E-state index in [9.17, 15) is 4.79 Å². The standard InChI is InChI=1S/C20H20N2OS/c1-2-14-6-8-15(9-7-14)13-21-20(23)17-12-16-4-3-5-18-19(16)22(17)10-11-24-18/h3-9,12H,2,10-11,13H2,1H3,(H,21,23). The van der Waals surface area contributed by atoms with Gasteiger partial charge in [-0.25, -0.2) is 0 Å². The van der Waals surface area contributed by atoms with Gasteiger partial charge in [-0.3, -0.25) is 4.79 Å². The highest BCUT2D eigenvalue weighted by molar-refractivity contribution is 7.99. The molecule has 0 unspecified atom stereocenters. The quantitative estimate of drug-likeness (QED) is 0.773. The lowest BCUT2D eigenvalue weighted by Crippen LogP contribution is -2.26. The van der Waals surface area contributed by atoms with E-state index >= 15 is 0 Å². The molecule has 0 spiro atoms. The van der Waals surface area contributed by atoms with E-state index in [1.54, 1.807) is 0 Å². The Balaban J connectivity index is 1.56. The lowest BCUT2D eigenvalue weighted by atomic mass is 10.1. The van der Waals surface area contributed by atoms with Crippen molar-refractivity contribution < 1.29 is 4.79 Å². The van der Waals surface area contributed by atoms with E-state index in [0.717, 1.165) is 35.4 Å². The molecule has 3 nitrogen and oxygen atoms in total. The molecule has 0 saturated carbocycles. The highest BCUT2D eigenvalue weighted by Gasteiger charge is 2.20. The lowest BCUT2D eigenvalue weighted by Gasteiger charge is -2.17. The predicted octanol–water partition coefficient (Wildman–Crippen LogP) is 4.24. The predicted molar refractivity (Wildman–Crippen MR) is 99.7 cm³/mol. The number of hydrogen-bond acceptors (Lipinski definition) is 2. The van der Waals surface area contributed by atoms with Crippen LogP contribution in [0.4, 0.5) is 0 Å². The first kappa shape index (κ1) is 15.3. The van der Waals surface area contributed by atoms with Gasteiger partial charge < -0.3 is 9.88 Å². The van der Waals surface area contributed by atoms with E-state index < -0.39 is 0 Å². The Morgan fingerprint density at radius 3 is 2.75 bits per heavy atom. The zero-order valence-electron chi connectivity index (χ0n) is 13.7. The van der Waals surface area contributed by atoms with E-state index in [0.29, 0.717) is 6.54 Å². The first-order valence-electron chi connectivity index (χ1n) is 8.37. The van der Waals surface area contributed by atoms with Gasteiger partial charge >= 0.3 is 0 Å². The van der Waals surface area contributed by atoms with Crippen LogP contribution in [0.3, 0.4) is 0 Å². The summed E-state index contributed by atoms with van der Waals surface area (Å²) in [5.74, 6) is 1.02. The minimum Gasteiger partial charge on any atom is -0.347 e. The highest BCUT2D eigenvalue weighted by atomic mass is 32.2. The average molecular weight is 336 g/mol. The van der Waals surface area contributed by atoms with Crippen molar-refractivity contribution in [2.45, 2.75) is 31.3 Å². The number of benzene rings is 2. The third kappa shape index (κ3) is 2.71. The zero-order valence-corrected chi connectivity index (χ0v) is 14.5. The van der Waals surface area contributed by atoms with E-state index in [2.05, 4.69) is 59.3 Å². The Hall–Kier alpha value is -2.20. The number of carbonyl (C=O) groups is 1. The van der Waals surface area contributed by atoms with Gasteiger partial charge in [0.1, 0.15) is 5.69 Å². The summed E-state index contributed by atoms with van der Waals surface area (Å²) in [4.78, 5) is 14.0. The van der Waals surface area contributed by atoms with Crippen LogP contribution in [0.2, 0.25) is 0 Å². The number of nitrogens with one attached hydrogen (secondary N) is 1. The third-order valence-corrected chi connectivity index (χ3v) is 5.60. The first-order valence-corrected chi connectivity index (χ1v) is 9.36. The molecule has 0 saturated heterocycles. The van der Waals surface area contributed by atoms with Crippen LogP contribution >= 0.6 is 11.8 Å². The molecule has 0 radical (unpaired) electrons. The maximum atomic E-state index is 12.7. The second-order valence-corrected chi connectivity index (χ2v) is 7.21. The van der Waals surface area contributed by atoms with Crippen LogP contribution in [-0.4, -0.2) is 16.2 Å². The molecule has 4 heteroatoms. The second-order valence-electron chi connectivity index (χ2n) is 6.08. The number of hydrogen-bond donors (Lipinski definition) is 1. The SMILES string of the molecule is CCc1ccc(CNC(=O)c2cc3cccc4c3n2CCS4)cc1. The van der Waals surface area contributed by atoms with Crippen molar-refractivity contribution in [2.24, 2.45) is 0 Å². The number of carbonyl (C=O) groups excluding carboxylic acids is 1. The Kier molecular flexibility index (Phi) is 4.07. The van der Waals surface area contributed by atoms with Crippen molar-refractivity contribution in [3.63, 3.8) is 0 Å². The molecule has 122 valence electrons. The van der Waals surface area contributed by atoms with Crippen molar-refractivity contribution in [2.75, 3.05) is 5.75 Å². The maximum Gasteiger partial charge on any atom is 0.268 e. The van der Waals surface area contributed by atoms with Crippen LogP contribution < -0.4 is 5.32 Å². The number of aryl methyl sites for hydroxylation is 2. The molecule has 1 aliphatic rings. The Labute approximate surface area is 146 Å². The van der Waals surface area contributed by atoms with Crippen LogP contribution in [0.15, 0.2) is 53.4 Å². The zero-order chi connectivity index (χ0) is 16.5. The average Bonchev–Trinajstić information content (AvgIpc) is 3.01. The summed E-state index contributed by atoms with van der Waals surface area (Å²) < 4.78 is 2.16. The Morgan fingerprint density at radius 2 is 1.96 bits per heavy atom. The minimum absolute atomic E-state index is 0.00335.